The van der Waals surface area contributed by atoms with E-state index in [1.54, 1.807) is 14.2 Å². The number of nitrogens with zero attached hydrogens (tertiary/aromatic N) is 2. The van der Waals surface area contributed by atoms with Crippen LogP contribution in [0.3, 0.4) is 0 Å². The highest BCUT2D eigenvalue weighted by Crippen LogP contribution is 2.68. The first-order chi connectivity index (χ1) is 29.0. The second-order valence-corrected chi connectivity index (χ2v) is 19.0. The Morgan fingerprint density at radius 1 is 0.650 bits per heavy atom. The van der Waals surface area contributed by atoms with Gasteiger partial charge in [-0.25, -0.2) is 9.59 Å². The molecule has 0 aromatic heterocycles. The molecule has 9 aliphatic rings. The van der Waals surface area contributed by atoms with Gasteiger partial charge < -0.3 is 37.9 Å². The van der Waals surface area contributed by atoms with Crippen LogP contribution in [0.1, 0.15) is 86.5 Å². The summed E-state index contributed by atoms with van der Waals surface area (Å²) in [6.07, 6.45) is 4.23. The summed E-state index contributed by atoms with van der Waals surface area (Å²) >= 11 is 0. The summed E-state index contributed by atoms with van der Waals surface area (Å²) in [5, 5.41) is 0. The zero-order valence-corrected chi connectivity index (χ0v) is 34.9. The number of ketones is 2. The fourth-order valence-corrected chi connectivity index (χ4v) is 14.0. The van der Waals surface area contributed by atoms with Gasteiger partial charge in [0, 0.05) is 24.0 Å². The second kappa shape index (κ2) is 13.5. The van der Waals surface area contributed by atoms with Crippen LogP contribution in [0.25, 0.3) is 0 Å². The zero-order chi connectivity index (χ0) is 41.3. The normalized spacial score (nSPS) is 37.8. The first-order valence-corrected chi connectivity index (χ1v) is 21.9. The average Bonchev–Trinajstić information content (AvgIpc) is 3.80. The van der Waals surface area contributed by atoms with E-state index >= 15 is 0 Å². The average molecular weight is 827 g/mol. The van der Waals surface area contributed by atoms with Crippen LogP contribution < -0.4 is 18.9 Å². The number of hydrogen-bond acceptors (Lipinski definition) is 14. The first-order valence-electron chi connectivity index (χ1n) is 21.9. The molecule has 0 radical (unpaired) electrons. The molecule has 11 rings (SSSR count). The molecule has 14 heteroatoms. The Labute approximate surface area is 349 Å². The highest BCUT2D eigenvalue weighted by molar-refractivity contribution is 5.91. The molecule has 0 N–H and O–H groups in total. The third-order valence-electron chi connectivity index (χ3n) is 16.8. The summed E-state index contributed by atoms with van der Waals surface area (Å²) in [4.78, 5) is 59.2. The van der Waals surface area contributed by atoms with Gasteiger partial charge in [0.2, 0.25) is 0 Å². The summed E-state index contributed by atoms with van der Waals surface area (Å²) in [5.41, 5.74) is 0.569. The molecule has 3 saturated carbocycles. The van der Waals surface area contributed by atoms with E-state index in [1.165, 1.54) is 0 Å². The topological polar surface area (TPSA) is 149 Å². The van der Waals surface area contributed by atoms with Gasteiger partial charge >= 0.3 is 12.3 Å². The molecule has 4 aliphatic heterocycles. The van der Waals surface area contributed by atoms with Crippen molar-refractivity contribution in [3.63, 3.8) is 0 Å². The standard InChI is InChI=1S/C46H54N2O12/c1-47-19-17-43-35-27-9-11-31(53-3)37(35)57-39(43)29(49)13-15-45(43,33(47)21-27)59-41(51)55-23-25-5-7-26(8-6-25)24-56-42(52)60-46-16-14-30(50)40-44(46)18-20-48(2)34(46)22-28-10-12-32(54-4)38(58-40)36(28)44/h9-12,25-26,33-34,39-40H,5-8,13-24H2,1-4H3/t25?,26?,33-,34-,39+,40+,43+,44+,45-,46-/m1/s1. The van der Waals surface area contributed by atoms with Crippen molar-refractivity contribution in [1.29, 1.82) is 0 Å². The third-order valence-corrected chi connectivity index (χ3v) is 16.8. The second-order valence-electron chi connectivity index (χ2n) is 19.0. The number of piperidine rings is 2. The van der Waals surface area contributed by atoms with Crippen molar-refractivity contribution in [3.05, 3.63) is 46.5 Å². The highest BCUT2D eigenvalue weighted by Gasteiger charge is 2.77. The quantitative estimate of drug-likeness (QED) is 0.320. The molecule has 2 saturated heterocycles. The highest BCUT2D eigenvalue weighted by atomic mass is 16.7. The number of carbonyl (C=O) groups is 4. The van der Waals surface area contributed by atoms with Crippen LogP contribution in [0.4, 0.5) is 9.59 Å². The van der Waals surface area contributed by atoms with Crippen molar-refractivity contribution in [1.82, 2.24) is 9.80 Å². The number of likely N-dealkylation sites (tertiary alicyclic amines) is 2. The molecule has 2 spiro atoms. The number of methoxy groups -OCH3 is 2. The van der Waals surface area contributed by atoms with E-state index in [2.05, 4.69) is 36.0 Å². The first kappa shape index (κ1) is 38.4. The Morgan fingerprint density at radius 2 is 1.07 bits per heavy atom. The summed E-state index contributed by atoms with van der Waals surface area (Å²) in [6.45, 7) is 1.95. The lowest BCUT2D eigenvalue weighted by Gasteiger charge is -2.62. The fraction of sp³-hybridized carbons (Fsp3) is 0.652. The van der Waals surface area contributed by atoms with Crippen LogP contribution in [0.15, 0.2) is 24.3 Å². The lowest BCUT2D eigenvalue weighted by Crippen LogP contribution is -2.77. The largest absolute Gasteiger partial charge is 0.508 e. The van der Waals surface area contributed by atoms with Crippen molar-refractivity contribution in [2.45, 2.75) is 123 Å². The van der Waals surface area contributed by atoms with E-state index in [9.17, 15) is 19.2 Å². The third kappa shape index (κ3) is 4.89. The molecule has 2 aromatic carbocycles. The van der Waals surface area contributed by atoms with Crippen molar-refractivity contribution >= 4 is 23.9 Å². The lowest BCUT2D eigenvalue weighted by atomic mass is 9.49. The van der Waals surface area contributed by atoms with Crippen molar-refractivity contribution in [2.24, 2.45) is 11.8 Å². The number of rotatable bonds is 8. The zero-order valence-electron chi connectivity index (χ0n) is 34.9. The van der Waals surface area contributed by atoms with Crippen molar-refractivity contribution in [3.8, 4) is 23.0 Å². The predicted octanol–water partition coefficient (Wildman–Crippen LogP) is 5.24. The van der Waals surface area contributed by atoms with E-state index in [0.29, 0.717) is 61.5 Å². The van der Waals surface area contributed by atoms with Crippen molar-refractivity contribution in [2.75, 3.05) is 54.6 Å². The Bertz CT molecular complexity index is 2040. The number of Topliss-reactive ketones (excluding diaryl/α,β-unsaturated/α-hetero) is 2. The van der Waals surface area contributed by atoms with Crippen LogP contribution in [-0.4, -0.2) is 124 Å². The van der Waals surface area contributed by atoms with Crippen LogP contribution >= 0.6 is 0 Å². The molecular formula is C46H54N2O12. The molecule has 5 aliphatic carbocycles. The van der Waals surface area contributed by atoms with Crippen LogP contribution in [0, 0.1) is 11.8 Å². The van der Waals surface area contributed by atoms with Gasteiger partial charge in [-0.05, 0) is 126 Å². The minimum atomic E-state index is -0.980. The van der Waals surface area contributed by atoms with Gasteiger partial charge in [0.1, 0.15) is 11.2 Å². The lowest BCUT2D eigenvalue weighted by molar-refractivity contribution is -0.194. The van der Waals surface area contributed by atoms with E-state index in [4.69, 9.17) is 37.9 Å². The van der Waals surface area contributed by atoms with Crippen LogP contribution in [-0.2, 0) is 52.2 Å². The predicted molar refractivity (Wildman–Crippen MR) is 212 cm³/mol. The maximum Gasteiger partial charge on any atom is 0.508 e. The summed E-state index contributed by atoms with van der Waals surface area (Å²) in [6, 6.07) is 7.67. The molecule has 4 bridgehead atoms. The molecule has 320 valence electrons. The molecule has 4 heterocycles. The molecule has 14 nitrogen and oxygen atoms in total. The summed E-state index contributed by atoms with van der Waals surface area (Å²) in [5.74, 6) is 2.71. The SMILES string of the molecule is COc1ccc2c3c1O[C@H]1C(=O)CC[C@@]4(OC(=O)OCC5CCC(COC(=O)O[C@@]67CCC(=O)[C@@H]8Oc9c(OC)ccc%10c9[C@@]86CCN(C)[C@@H]7C%10)CC5)[C@@H](C2)N(C)CC[C@]314. The number of benzene rings is 2. The number of carbonyl (C=O) groups excluding carboxylic acids is 4. The minimum Gasteiger partial charge on any atom is -0.493 e. The molecule has 8 atom stereocenters. The summed E-state index contributed by atoms with van der Waals surface area (Å²) < 4.78 is 49.3. The van der Waals surface area contributed by atoms with Gasteiger partial charge in [0.15, 0.2) is 46.8 Å². The minimum absolute atomic E-state index is 0.0301. The van der Waals surface area contributed by atoms with E-state index in [-0.39, 0.29) is 61.5 Å². The molecule has 2 aromatic rings. The van der Waals surface area contributed by atoms with Crippen LogP contribution in [0.5, 0.6) is 23.0 Å². The van der Waals surface area contributed by atoms with Gasteiger partial charge in [-0.15, -0.1) is 0 Å². The Balaban J connectivity index is 0.735. The van der Waals surface area contributed by atoms with Crippen molar-refractivity contribution < 1.29 is 57.1 Å². The molecule has 0 amide bonds. The van der Waals surface area contributed by atoms with Gasteiger partial charge in [0.05, 0.1) is 50.3 Å². The van der Waals surface area contributed by atoms with Gasteiger partial charge in [0.25, 0.3) is 0 Å². The Morgan fingerprint density at radius 3 is 1.47 bits per heavy atom. The van der Waals surface area contributed by atoms with Gasteiger partial charge in [-0.3, -0.25) is 19.4 Å². The van der Waals surface area contributed by atoms with E-state index in [1.807, 2.05) is 12.1 Å². The maximum atomic E-state index is 13.8. The Kier molecular flexibility index (Phi) is 8.61. The van der Waals surface area contributed by atoms with Gasteiger partial charge in [-0.1, -0.05) is 12.1 Å². The van der Waals surface area contributed by atoms with Crippen LogP contribution in [0.2, 0.25) is 0 Å². The monoisotopic (exact) mass is 826 g/mol. The van der Waals surface area contributed by atoms with E-state index in [0.717, 1.165) is 61.0 Å². The molecule has 60 heavy (non-hydrogen) atoms. The number of ether oxygens (including phenoxy) is 8. The number of hydrogen-bond donors (Lipinski definition) is 0. The van der Waals surface area contributed by atoms with E-state index < -0.39 is 46.6 Å². The van der Waals surface area contributed by atoms with Gasteiger partial charge in [-0.2, -0.15) is 0 Å². The summed E-state index contributed by atoms with van der Waals surface area (Å²) in [7, 11) is 7.33. The molecule has 5 fully saturated rings. The maximum absolute atomic E-state index is 13.8. The number of likely N-dealkylation sites (N-methyl/N-ethyl adjacent to an activating group) is 2. The smallest absolute Gasteiger partial charge is 0.493 e. The fourth-order valence-electron chi connectivity index (χ4n) is 14.0. The molecular weight excluding hydrogens is 773 g/mol. The Hall–Kier alpha value is -4.56. The molecule has 0 unspecified atom stereocenters.